The van der Waals surface area contributed by atoms with Gasteiger partial charge in [-0.05, 0) is 76.0 Å². The maximum Gasteiger partial charge on any atom is 0.325 e. The summed E-state index contributed by atoms with van der Waals surface area (Å²) in [6.07, 6.45) is 5.33. The van der Waals surface area contributed by atoms with Gasteiger partial charge in [0.25, 0.3) is 0 Å². The van der Waals surface area contributed by atoms with E-state index in [4.69, 9.17) is 19.2 Å². The van der Waals surface area contributed by atoms with Crippen LogP contribution in [0.25, 0.3) is 0 Å². The van der Waals surface area contributed by atoms with Crippen molar-refractivity contribution in [3.63, 3.8) is 0 Å². The quantitative estimate of drug-likeness (QED) is 0.358. The molecular weight excluding hydrogens is 525 g/mol. The summed E-state index contributed by atoms with van der Waals surface area (Å²) in [6, 6.07) is 5.25. The first-order chi connectivity index (χ1) is 19.6. The number of fused-ring (bicyclic) bond motifs is 2. The molecule has 0 bridgehead atoms. The fraction of sp³-hybridized carbons (Fsp3) is 0.625. The highest BCUT2D eigenvalue weighted by Crippen LogP contribution is 2.37. The number of carboxylic acids is 1. The molecule has 1 fully saturated rings. The predicted octanol–water partition coefficient (Wildman–Crippen LogP) is 5.19. The van der Waals surface area contributed by atoms with Crippen LogP contribution < -0.4 is 10.1 Å². The molecule has 0 amide bonds. The molecule has 0 aliphatic carbocycles. The molecule has 1 unspecified atom stereocenters. The number of methoxy groups -OCH3 is 1. The Balaban J connectivity index is 1.17. The van der Waals surface area contributed by atoms with Crippen molar-refractivity contribution in [3.05, 3.63) is 51.7 Å². The molecule has 4 heterocycles. The Labute approximate surface area is 242 Å². The van der Waals surface area contributed by atoms with Gasteiger partial charge in [0.2, 0.25) is 0 Å². The predicted molar refractivity (Wildman–Crippen MR) is 155 cm³/mol. The molecule has 2 N–H and O–H groups in total. The van der Waals surface area contributed by atoms with Crippen LogP contribution in [0.15, 0.2) is 18.2 Å². The van der Waals surface area contributed by atoms with Crippen LogP contribution in [0.4, 0.5) is 10.2 Å². The lowest BCUT2D eigenvalue weighted by Gasteiger charge is -2.35. The largest absolute Gasteiger partial charge is 0.496 e. The average molecular weight is 570 g/mol. The molecule has 2 aromatic rings. The molecule has 41 heavy (non-hydrogen) atoms. The third-order valence-electron chi connectivity index (χ3n) is 8.62. The van der Waals surface area contributed by atoms with Crippen molar-refractivity contribution in [2.45, 2.75) is 96.2 Å². The van der Waals surface area contributed by atoms with Crippen molar-refractivity contribution in [2.24, 2.45) is 0 Å². The maximum atomic E-state index is 14.8. The summed E-state index contributed by atoms with van der Waals surface area (Å²) in [4.78, 5) is 19.4. The number of rotatable bonds is 11. The molecular formula is C32H44FN3O5. The number of aromatic nitrogens is 1. The Hall–Kier alpha value is -2.75. The number of hydrogen-bond acceptors (Lipinski definition) is 7. The molecule has 224 valence electrons. The summed E-state index contributed by atoms with van der Waals surface area (Å²) in [5.41, 5.74) is 4.30. The number of benzene rings is 1. The molecule has 1 saturated heterocycles. The topological polar surface area (TPSA) is 93.2 Å². The summed E-state index contributed by atoms with van der Waals surface area (Å²) in [7, 11) is 1.71. The summed E-state index contributed by atoms with van der Waals surface area (Å²) < 4.78 is 32.4. The summed E-state index contributed by atoms with van der Waals surface area (Å²) >= 11 is 0. The van der Waals surface area contributed by atoms with Gasteiger partial charge in [-0.2, -0.15) is 0 Å². The lowest BCUT2D eigenvalue weighted by atomic mass is 9.85. The second kappa shape index (κ2) is 12.6. The summed E-state index contributed by atoms with van der Waals surface area (Å²) in [5.74, 6) is 0.981. The third-order valence-corrected chi connectivity index (χ3v) is 8.62. The molecule has 8 nitrogen and oxygen atoms in total. The van der Waals surface area contributed by atoms with E-state index in [9.17, 15) is 14.3 Å². The van der Waals surface area contributed by atoms with Gasteiger partial charge < -0.3 is 24.6 Å². The van der Waals surface area contributed by atoms with Gasteiger partial charge >= 0.3 is 5.97 Å². The van der Waals surface area contributed by atoms with Gasteiger partial charge in [-0.3, -0.25) is 9.69 Å². The van der Waals surface area contributed by atoms with E-state index in [0.717, 1.165) is 84.6 Å². The van der Waals surface area contributed by atoms with Crippen LogP contribution in [-0.4, -0.2) is 72.2 Å². The van der Waals surface area contributed by atoms with E-state index in [0.29, 0.717) is 32.7 Å². The van der Waals surface area contributed by atoms with Gasteiger partial charge in [0, 0.05) is 50.0 Å². The first kappa shape index (κ1) is 29.7. The van der Waals surface area contributed by atoms with Crippen LogP contribution in [0.1, 0.15) is 79.1 Å². The van der Waals surface area contributed by atoms with Crippen LogP contribution in [0.5, 0.6) is 5.75 Å². The smallest absolute Gasteiger partial charge is 0.325 e. The Morgan fingerprint density at radius 2 is 2.12 bits per heavy atom. The zero-order valence-corrected chi connectivity index (χ0v) is 24.8. The van der Waals surface area contributed by atoms with Crippen molar-refractivity contribution in [3.8, 4) is 5.75 Å². The van der Waals surface area contributed by atoms with Gasteiger partial charge in [0.1, 0.15) is 23.3 Å². The Kier molecular flexibility index (Phi) is 9.16. The lowest BCUT2D eigenvalue weighted by molar-refractivity contribution is -0.143. The van der Waals surface area contributed by atoms with Crippen molar-refractivity contribution in [2.75, 3.05) is 38.7 Å². The molecule has 3 aliphatic rings. The number of halogens is 1. The molecule has 1 aromatic heterocycles. The van der Waals surface area contributed by atoms with E-state index >= 15 is 0 Å². The number of aliphatic carboxylic acids is 1. The van der Waals surface area contributed by atoms with Crippen LogP contribution in [-0.2, 0) is 40.1 Å². The fourth-order valence-electron chi connectivity index (χ4n) is 6.46. The number of carbonyl (C=O) groups is 1. The Bertz CT molecular complexity index is 1230. The number of aryl methyl sites for hydroxylation is 2. The average Bonchev–Trinajstić information content (AvgIpc) is 3.39. The number of unbranched alkanes of at least 4 members (excludes halogenated alkanes) is 1. The van der Waals surface area contributed by atoms with E-state index in [-0.39, 0.29) is 6.10 Å². The summed E-state index contributed by atoms with van der Waals surface area (Å²) in [6.45, 7) is 8.07. The summed E-state index contributed by atoms with van der Waals surface area (Å²) in [5, 5.41) is 13.7. The van der Waals surface area contributed by atoms with Crippen molar-refractivity contribution < 1.29 is 28.5 Å². The van der Waals surface area contributed by atoms with Gasteiger partial charge in [-0.1, -0.05) is 17.7 Å². The number of carboxylic acid groups (broad SMARTS) is 1. The number of alkyl halides is 1. The van der Waals surface area contributed by atoms with Gasteiger partial charge in [0.15, 0.2) is 0 Å². The minimum absolute atomic E-state index is 0.00972. The van der Waals surface area contributed by atoms with Crippen molar-refractivity contribution in [1.29, 1.82) is 0 Å². The fourth-order valence-corrected chi connectivity index (χ4v) is 6.46. The molecule has 3 atom stereocenters. The Morgan fingerprint density at radius 3 is 2.88 bits per heavy atom. The highest BCUT2D eigenvalue weighted by Gasteiger charge is 2.39. The molecule has 1 aromatic carbocycles. The SMILES string of the molecule is COc1cc(CCCCO[C@@H]2CCN([C@@H](C(=O)O)c3cc(C)cc4c3CC(C(C)(C)F)OC4)C2)nc2c1CCCN2. The second-order valence-corrected chi connectivity index (χ2v) is 12.2. The molecule has 0 spiro atoms. The highest BCUT2D eigenvalue weighted by atomic mass is 19.1. The maximum absolute atomic E-state index is 14.8. The first-order valence-corrected chi connectivity index (χ1v) is 15.0. The lowest BCUT2D eigenvalue weighted by Crippen LogP contribution is -2.40. The van der Waals surface area contributed by atoms with Crippen LogP contribution in [0, 0.1) is 6.92 Å². The molecule has 0 saturated carbocycles. The molecule has 5 rings (SSSR count). The minimum atomic E-state index is -1.51. The van der Waals surface area contributed by atoms with Gasteiger partial charge in [-0.15, -0.1) is 0 Å². The zero-order chi connectivity index (χ0) is 29.1. The first-order valence-electron chi connectivity index (χ1n) is 15.0. The number of anilines is 1. The molecule has 9 heteroatoms. The van der Waals surface area contributed by atoms with Crippen LogP contribution in [0.2, 0.25) is 0 Å². The third kappa shape index (κ3) is 6.84. The highest BCUT2D eigenvalue weighted by molar-refractivity contribution is 5.76. The second-order valence-electron chi connectivity index (χ2n) is 12.2. The zero-order valence-electron chi connectivity index (χ0n) is 24.8. The normalized spacial score (nSPS) is 21.6. The number of nitrogens with one attached hydrogen (secondary N) is 1. The monoisotopic (exact) mass is 569 g/mol. The number of hydrogen-bond donors (Lipinski definition) is 2. The molecule has 3 aliphatic heterocycles. The van der Waals surface area contributed by atoms with E-state index in [1.807, 2.05) is 24.0 Å². The van der Waals surface area contributed by atoms with E-state index in [1.54, 1.807) is 7.11 Å². The van der Waals surface area contributed by atoms with E-state index in [2.05, 4.69) is 11.4 Å². The number of pyridine rings is 1. The van der Waals surface area contributed by atoms with Crippen LogP contribution >= 0.6 is 0 Å². The van der Waals surface area contributed by atoms with Gasteiger partial charge in [0.05, 0.1) is 25.9 Å². The Morgan fingerprint density at radius 1 is 1.29 bits per heavy atom. The van der Waals surface area contributed by atoms with Gasteiger partial charge in [-0.25, -0.2) is 9.37 Å². The van der Waals surface area contributed by atoms with Crippen molar-refractivity contribution >= 4 is 11.8 Å². The van der Waals surface area contributed by atoms with Crippen molar-refractivity contribution in [1.82, 2.24) is 9.88 Å². The van der Waals surface area contributed by atoms with E-state index in [1.165, 1.54) is 19.4 Å². The number of likely N-dealkylation sites (tertiary alicyclic amines) is 1. The molecule has 0 radical (unpaired) electrons. The standard InChI is InChI=1S/C32H44FN3O5/c1-20-14-21-19-41-28(32(2,3)33)17-25(21)26(15-20)29(31(37)38)36-12-10-23(18-36)40-13-6-5-8-22-16-27(39-4)24-9-7-11-34-30(24)35-22/h14-16,23,28-29H,5-13,17-19H2,1-4H3,(H,34,35)(H,37,38)/t23-,28?,29-/m1/s1. The van der Waals surface area contributed by atoms with Crippen LogP contribution in [0.3, 0.4) is 0 Å². The number of nitrogens with zero attached hydrogens (tertiary/aromatic N) is 2. The minimum Gasteiger partial charge on any atom is -0.496 e. The number of ether oxygens (including phenoxy) is 3. The van der Waals surface area contributed by atoms with E-state index < -0.39 is 23.8 Å².